The van der Waals surface area contributed by atoms with Crippen LogP contribution in [0.25, 0.3) is 0 Å². The van der Waals surface area contributed by atoms with Crippen LogP contribution in [0, 0.1) is 0 Å². The topological polar surface area (TPSA) is 139 Å². The second-order valence-electron chi connectivity index (χ2n) is 5.14. The van der Waals surface area contributed by atoms with Crippen molar-refractivity contribution in [2.45, 2.75) is 25.1 Å². The van der Waals surface area contributed by atoms with E-state index in [-0.39, 0.29) is 30.5 Å². The molecular weight excluding hydrogens is 298 g/mol. The van der Waals surface area contributed by atoms with Crippen LogP contribution < -0.4 is 5.73 Å². The molecule has 0 radical (unpaired) electrons. The molecule has 1 unspecified atom stereocenters. The Balaban J connectivity index is 1.95. The van der Waals surface area contributed by atoms with Crippen molar-refractivity contribution in [3.8, 4) is 0 Å². The van der Waals surface area contributed by atoms with Gasteiger partial charge in [0.15, 0.2) is 0 Å². The molecule has 10 nitrogen and oxygen atoms in total. The molecule has 3 amide bonds. The van der Waals surface area contributed by atoms with Crippen molar-refractivity contribution in [1.82, 2.24) is 9.80 Å². The minimum absolute atomic E-state index is 0.131. The number of carboxylic acid groups (broad SMARTS) is 1. The highest BCUT2D eigenvalue weighted by molar-refractivity contribution is 6.03. The summed E-state index contributed by atoms with van der Waals surface area (Å²) in [4.78, 5) is 48.3. The average Bonchev–Trinajstić information content (AvgIpc) is 2.76. The zero-order valence-electron chi connectivity index (χ0n) is 11.5. The molecule has 3 aliphatic rings. The van der Waals surface area contributed by atoms with Crippen molar-refractivity contribution in [3.05, 3.63) is 11.3 Å². The molecule has 3 heterocycles. The van der Waals surface area contributed by atoms with E-state index in [2.05, 4.69) is 4.74 Å². The van der Waals surface area contributed by atoms with Gasteiger partial charge in [0.1, 0.15) is 31.2 Å². The molecule has 0 bridgehead atoms. The number of hydrogen-bond acceptors (Lipinski definition) is 6. The Morgan fingerprint density at radius 2 is 2.14 bits per heavy atom. The molecule has 0 aromatic carbocycles. The van der Waals surface area contributed by atoms with Crippen molar-refractivity contribution in [1.29, 1.82) is 0 Å². The van der Waals surface area contributed by atoms with Crippen LogP contribution in [0.4, 0.5) is 4.79 Å². The number of ether oxygens (including phenoxy) is 2. The summed E-state index contributed by atoms with van der Waals surface area (Å²) < 4.78 is 10.2. The van der Waals surface area contributed by atoms with Gasteiger partial charge in [-0.1, -0.05) is 0 Å². The summed E-state index contributed by atoms with van der Waals surface area (Å²) in [6, 6.07) is -1.36. The third-order valence-corrected chi connectivity index (χ3v) is 4.02. The fraction of sp³-hybridized carbons (Fsp3) is 0.500. The highest BCUT2D eigenvalue weighted by Gasteiger charge is 2.65. The molecule has 22 heavy (non-hydrogen) atoms. The molecule has 118 valence electrons. The van der Waals surface area contributed by atoms with Gasteiger partial charge in [-0.15, -0.1) is 0 Å². The lowest BCUT2D eigenvalue weighted by Crippen LogP contribution is -2.75. The highest BCUT2D eigenvalue weighted by atomic mass is 16.5. The number of β-lactam (4-membered cyclic amide) rings is 1. The van der Waals surface area contributed by atoms with E-state index in [1.807, 2.05) is 0 Å². The van der Waals surface area contributed by atoms with Crippen LogP contribution in [-0.4, -0.2) is 70.3 Å². The lowest BCUT2D eigenvalue weighted by molar-refractivity contribution is -0.192. The smallest absolute Gasteiger partial charge is 0.404 e. The van der Waals surface area contributed by atoms with E-state index in [1.165, 1.54) is 11.8 Å². The first kappa shape index (κ1) is 14.3. The van der Waals surface area contributed by atoms with Gasteiger partial charge in [0.25, 0.3) is 5.91 Å². The Morgan fingerprint density at radius 1 is 1.45 bits per heavy atom. The van der Waals surface area contributed by atoms with E-state index in [0.717, 1.165) is 4.90 Å². The Hall–Kier alpha value is -2.62. The SMILES string of the molecule is CC(=O)N1COC2C(COC(N)=O)=C(C(=O)O)N3C(=O)[C@@H]1[C@@H]23. The van der Waals surface area contributed by atoms with E-state index in [0.29, 0.717) is 0 Å². The summed E-state index contributed by atoms with van der Waals surface area (Å²) in [6.07, 6.45) is -1.79. The number of rotatable bonds is 3. The zero-order chi connectivity index (χ0) is 16.2. The largest absolute Gasteiger partial charge is 0.477 e. The predicted molar refractivity (Wildman–Crippen MR) is 66.9 cm³/mol. The van der Waals surface area contributed by atoms with Crippen LogP contribution in [0.2, 0.25) is 0 Å². The van der Waals surface area contributed by atoms with E-state index >= 15 is 0 Å². The molecule has 0 aromatic heterocycles. The molecule has 3 atom stereocenters. The lowest BCUT2D eigenvalue weighted by atomic mass is 9.89. The van der Waals surface area contributed by atoms with E-state index in [4.69, 9.17) is 10.5 Å². The molecule has 3 rings (SSSR count). The summed E-state index contributed by atoms with van der Waals surface area (Å²) in [7, 11) is 0. The van der Waals surface area contributed by atoms with Gasteiger partial charge in [-0.3, -0.25) is 14.5 Å². The van der Waals surface area contributed by atoms with Gasteiger partial charge >= 0.3 is 12.1 Å². The quantitative estimate of drug-likeness (QED) is 0.587. The standard InChI is InChI=1S/C12H13N3O7/c1-4(16)14-3-22-9-5(2-21-12(13)20)6(11(18)19)15-7(9)8(14)10(15)17/h7-9H,2-3H2,1H3,(H2,13,20)(H,18,19)/t7-,8-,9?/m0/s1. The lowest BCUT2D eigenvalue weighted by Gasteiger charge is -2.52. The van der Waals surface area contributed by atoms with Gasteiger partial charge < -0.3 is 25.2 Å². The van der Waals surface area contributed by atoms with E-state index in [9.17, 15) is 24.3 Å². The Kier molecular flexibility index (Phi) is 3.06. The molecule has 0 saturated carbocycles. The van der Waals surface area contributed by atoms with Gasteiger partial charge in [0, 0.05) is 12.5 Å². The molecule has 2 saturated heterocycles. The minimum atomic E-state index is -1.33. The first-order valence-corrected chi connectivity index (χ1v) is 6.45. The minimum Gasteiger partial charge on any atom is -0.477 e. The fourth-order valence-corrected chi connectivity index (χ4v) is 3.13. The summed E-state index contributed by atoms with van der Waals surface area (Å²) >= 11 is 0. The number of primary amides is 1. The number of carbonyl (C=O) groups excluding carboxylic acids is 3. The second kappa shape index (κ2) is 4.70. The second-order valence-corrected chi connectivity index (χ2v) is 5.14. The third-order valence-electron chi connectivity index (χ3n) is 4.02. The maximum Gasteiger partial charge on any atom is 0.404 e. The van der Waals surface area contributed by atoms with Crippen molar-refractivity contribution in [2.24, 2.45) is 5.73 Å². The van der Waals surface area contributed by atoms with Gasteiger partial charge in [0.05, 0.1) is 6.04 Å². The van der Waals surface area contributed by atoms with Crippen LogP contribution in [0.15, 0.2) is 11.3 Å². The van der Waals surface area contributed by atoms with Crippen LogP contribution in [0.3, 0.4) is 0 Å². The van der Waals surface area contributed by atoms with Crippen LogP contribution in [0.1, 0.15) is 6.92 Å². The number of hydrogen-bond donors (Lipinski definition) is 2. The van der Waals surface area contributed by atoms with Gasteiger partial charge in [-0.05, 0) is 0 Å². The maximum atomic E-state index is 12.2. The Morgan fingerprint density at radius 3 is 2.68 bits per heavy atom. The molecule has 2 fully saturated rings. The number of aliphatic carboxylic acids is 1. The van der Waals surface area contributed by atoms with Crippen molar-refractivity contribution in [2.75, 3.05) is 13.3 Å². The predicted octanol–water partition coefficient (Wildman–Crippen LogP) is -1.78. The van der Waals surface area contributed by atoms with Crippen LogP contribution in [-0.2, 0) is 23.9 Å². The van der Waals surface area contributed by atoms with Crippen LogP contribution >= 0.6 is 0 Å². The fourth-order valence-electron chi connectivity index (χ4n) is 3.13. The summed E-state index contributed by atoms with van der Waals surface area (Å²) in [6.45, 7) is 0.791. The van der Waals surface area contributed by atoms with Crippen LogP contribution in [0.5, 0.6) is 0 Å². The molecule has 3 N–H and O–H groups in total. The Labute approximate surface area is 124 Å². The average molecular weight is 311 g/mol. The molecule has 10 heteroatoms. The zero-order valence-corrected chi connectivity index (χ0v) is 11.5. The monoisotopic (exact) mass is 311 g/mol. The molecule has 0 aliphatic carbocycles. The first-order chi connectivity index (χ1) is 10.3. The van der Waals surface area contributed by atoms with Gasteiger partial charge in [-0.2, -0.15) is 0 Å². The molecule has 0 spiro atoms. The number of amides is 3. The summed E-state index contributed by atoms with van der Waals surface area (Å²) in [5.41, 5.74) is 4.78. The van der Waals surface area contributed by atoms with Crippen molar-refractivity contribution >= 4 is 23.9 Å². The van der Waals surface area contributed by atoms with Crippen molar-refractivity contribution in [3.63, 3.8) is 0 Å². The normalized spacial score (nSPS) is 29.1. The third kappa shape index (κ3) is 1.77. The first-order valence-electron chi connectivity index (χ1n) is 6.45. The highest BCUT2D eigenvalue weighted by Crippen LogP contribution is 2.45. The molecule has 3 aliphatic heterocycles. The maximum absolute atomic E-state index is 12.2. The van der Waals surface area contributed by atoms with Gasteiger partial charge in [-0.25, -0.2) is 9.59 Å². The van der Waals surface area contributed by atoms with E-state index in [1.54, 1.807) is 0 Å². The number of nitrogens with zero attached hydrogens (tertiary/aromatic N) is 2. The van der Waals surface area contributed by atoms with Gasteiger partial charge in [0.2, 0.25) is 5.91 Å². The molecule has 0 aromatic rings. The number of carboxylic acids is 1. The number of carbonyl (C=O) groups is 4. The number of nitrogens with two attached hydrogens (primary N) is 1. The Bertz CT molecular complexity index is 628. The summed E-state index contributed by atoms with van der Waals surface area (Å²) in [5, 5.41) is 9.32. The van der Waals surface area contributed by atoms with Crippen molar-refractivity contribution < 1.29 is 33.8 Å². The summed E-state index contributed by atoms with van der Waals surface area (Å²) in [5.74, 6) is -2.16. The molecular formula is C12H13N3O7. The van der Waals surface area contributed by atoms with E-state index < -0.39 is 36.2 Å².